The van der Waals surface area contributed by atoms with Gasteiger partial charge in [-0.1, -0.05) is 13.8 Å². The van der Waals surface area contributed by atoms with E-state index in [9.17, 15) is 0 Å². The maximum Gasteiger partial charge on any atom is 0.122 e. The van der Waals surface area contributed by atoms with Gasteiger partial charge in [-0.15, -0.1) is 0 Å². The maximum atomic E-state index is 4.43. The SMILES string of the molecule is CC(C)CC1CN(Cc2nccn2C)C(C)CN1. The zero-order valence-electron chi connectivity index (χ0n) is 12.1. The van der Waals surface area contributed by atoms with Crippen molar-refractivity contribution < 1.29 is 0 Å². The standard InChI is InChI=1S/C14H26N4/c1-11(2)7-13-9-18(12(3)8-16-13)10-14-15-5-6-17(14)4/h5-6,11-13,16H,7-10H2,1-4H3. The molecule has 2 atom stereocenters. The molecular weight excluding hydrogens is 224 g/mol. The predicted octanol–water partition coefficient (Wildman–Crippen LogP) is 1.63. The molecule has 0 aromatic carbocycles. The summed E-state index contributed by atoms with van der Waals surface area (Å²) in [6.07, 6.45) is 5.16. The number of nitrogens with zero attached hydrogens (tertiary/aromatic N) is 3. The molecule has 0 bridgehead atoms. The Morgan fingerprint density at radius 1 is 1.50 bits per heavy atom. The number of hydrogen-bond acceptors (Lipinski definition) is 3. The van der Waals surface area contributed by atoms with Gasteiger partial charge in [0.1, 0.15) is 5.82 Å². The highest BCUT2D eigenvalue weighted by Gasteiger charge is 2.25. The second kappa shape index (κ2) is 5.85. The van der Waals surface area contributed by atoms with Gasteiger partial charge in [-0.2, -0.15) is 0 Å². The van der Waals surface area contributed by atoms with Crippen LogP contribution in [-0.4, -0.2) is 39.6 Å². The molecule has 1 aliphatic heterocycles. The van der Waals surface area contributed by atoms with Gasteiger partial charge in [0, 0.05) is 44.6 Å². The average molecular weight is 250 g/mol. The third-order valence-corrected chi connectivity index (χ3v) is 3.80. The van der Waals surface area contributed by atoms with E-state index in [0.717, 1.165) is 31.4 Å². The van der Waals surface area contributed by atoms with Crippen LogP contribution in [0.2, 0.25) is 0 Å². The van der Waals surface area contributed by atoms with Gasteiger partial charge < -0.3 is 9.88 Å². The molecule has 2 rings (SSSR count). The number of hydrogen-bond donors (Lipinski definition) is 1. The lowest BCUT2D eigenvalue weighted by atomic mass is 10.00. The highest BCUT2D eigenvalue weighted by atomic mass is 15.2. The molecular formula is C14H26N4. The number of aromatic nitrogens is 2. The van der Waals surface area contributed by atoms with Crippen molar-refractivity contribution in [2.24, 2.45) is 13.0 Å². The summed E-state index contributed by atoms with van der Waals surface area (Å²) in [5.74, 6) is 1.91. The Hall–Kier alpha value is -0.870. The Kier molecular flexibility index (Phi) is 4.40. The van der Waals surface area contributed by atoms with E-state index < -0.39 is 0 Å². The van der Waals surface area contributed by atoms with Crippen molar-refractivity contribution in [1.82, 2.24) is 19.8 Å². The first kappa shape index (κ1) is 13.6. The molecule has 0 aliphatic carbocycles. The Bertz CT molecular complexity index is 372. The van der Waals surface area contributed by atoms with E-state index in [1.54, 1.807) is 0 Å². The fourth-order valence-corrected chi connectivity index (χ4v) is 2.67. The fourth-order valence-electron chi connectivity index (χ4n) is 2.67. The van der Waals surface area contributed by atoms with Crippen LogP contribution in [0.15, 0.2) is 12.4 Å². The first-order chi connectivity index (χ1) is 8.56. The molecule has 1 saturated heterocycles. The molecule has 2 heterocycles. The summed E-state index contributed by atoms with van der Waals surface area (Å²) in [6, 6.07) is 1.21. The first-order valence-electron chi connectivity index (χ1n) is 7.00. The lowest BCUT2D eigenvalue weighted by Gasteiger charge is -2.39. The molecule has 0 radical (unpaired) electrons. The topological polar surface area (TPSA) is 33.1 Å². The second-order valence-corrected chi connectivity index (χ2v) is 5.97. The maximum absolute atomic E-state index is 4.43. The number of aryl methyl sites for hydroxylation is 1. The summed E-state index contributed by atoms with van der Waals surface area (Å²) in [4.78, 5) is 6.98. The highest BCUT2D eigenvalue weighted by Crippen LogP contribution is 2.15. The lowest BCUT2D eigenvalue weighted by molar-refractivity contribution is 0.121. The molecule has 1 aliphatic rings. The van der Waals surface area contributed by atoms with Gasteiger partial charge in [-0.05, 0) is 19.3 Å². The first-order valence-corrected chi connectivity index (χ1v) is 7.00. The Morgan fingerprint density at radius 3 is 2.89 bits per heavy atom. The van der Waals surface area contributed by atoms with Gasteiger partial charge in [0.15, 0.2) is 0 Å². The van der Waals surface area contributed by atoms with Crippen molar-refractivity contribution in [1.29, 1.82) is 0 Å². The summed E-state index contributed by atoms with van der Waals surface area (Å²) in [5, 5.41) is 3.66. The Labute approximate surface area is 110 Å². The van der Waals surface area contributed by atoms with Crippen LogP contribution in [0.25, 0.3) is 0 Å². The van der Waals surface area contributed by atoms with Crippen LogP contribution in [0, 0.1) is 5.92 Å². The van der Waals surface area contributed by atoms with Crippen molar-refractivity contribution >= 4 is 0 Å². The Morgan fingerprint density at radius 2 is 2.28 bits per heavy atom. The molecule has 2 unspecified atom stereocenters. The van der Waals surface area contributed by atoms with Crippen LogP contribution < -0.4 is 5.32 Å². The zero-order valence-corrected chi connectivity index (χ0v) is 12.1. The van der Waals surface area contributed by atoms with Crippen molar-refractivity contribution in [3.05, 3.63) is 18.2 Å². The van der Waals surface area contributed by atoms with E-state index in [4.69, 9.17) is 0 Å². The highest BCUT2D eigenvalue weighted by molar-refractivity contribution is 4.94. The van der Waals surface area contributed by atoms with Crippen LogP contribution in [0.1, 0.15) is 33.0 Å². The summed E-state index contributed by atoms with van der Waals surface area (Å²) in [5.41, 5.74) is 0. The van der Waals surface area contributed by atoms with Crippen LogP contribution >= 0.6 is 0 Å². The van der Waals surface area contributed by atoms with Crippen LogP contribution in [-0.2, 0) is 13.6 Å². The fraction of sp³-hybridized carbons (Fsp3) is 0.786. The van der Waals surface area contributed by atoms with Crippen molar-refractivity contribution in [2.45, 2.75) is 45.8 Å². The third-order valence-electron chi connectivity index (χ3n) is 3.80. The molecule has 1 aromatic rings. The minimum Gasteiger partial charge on any atom is -0.337 e. The number of rotatable bonds is 4. The van der Waals surface area contributed by atoms with E-state index in [1.165, 1.54) is 6.42 Å². The number of piperazine rings is 1. The second-order valence-electron chi connectivity index (χ2n) is 5.97. The normalized spacial score (nSPS) is 25.8. The molecule has 0 saturated carbocycles. The smallest absolute Gasteiger partial charge is 0.122 e. The van der Waals surface area contributed by atoms with Gasteiger partial charge in [-0.25, -0.2) is 4.98 Å². The molecule has 4 heteroatoms. The molecule has 102 valence electrons. The third kappa shape index (κ3) is 3.33. The molecule has 4 nitrogen and oxygen atoms in total. The van der Waals surface area contributed by atoms with Gasteiger partial charge in [0.2, 0.25) is 0 Å². The zero-order chi connectivity index (χ0) is 13.1. The summed E-state index contributed by atoms with van der Waals surface area (Å²) in [6.45, 7) is 10.1. The van der Waals surface area contributed by atoms with Gasteiger partial charge in [0.05, 0.1) is 6.54 Å². The molecule has 1 N–H and O–H groups in total. The van der Waals surface area contributed by atoms with Crippen molar-refractivity contribution in [3.63, 3.8) is 0 Å². The summed E-state index contributed by atoms with van der Waals surface area (Å²) in [7, 11) is 2.07. The van der Waals surface area contributed by atoms with Crippen LogP contribution in [0.4, 0.5) is 0 Å². The van der Waals surface area contributed by atoms with Gasteiger partial charge in [-0.3, -0.25) is 4.90 Å². The van der Waals surface area contributed by atoms with E-state index in [-0.39, 0.29) is 0 Å². The van der Waals surface area contributed by atoms with Crippen LogP contribution in [0.5, 0.6) is 0 Å². The minimum atomic E-state index is 0.588. The van der Waals surface area contributed by atoms with Crippen molar-refractivity contribution in [3.8, 4) is 0 Å². The Balaban J connectivity index is 1.95. The van der Waals surface area contributed by atoms with Gasteiger partial charge >= 0.3 is 0 Å². The number of imidazole rings is 1. The quantitative estimate of drug-likeness (QED) is 0.881. The molecule has 0 spiro atoms. The predicted molar refractivity (Wildman–Crippen MR) is 74.3 cm³/mol. The molecule has 1 fully saturated rings. The lowest BCUT2D eigenvalue weighted by Crippen LogP contribution is -2.55. The molecule has 1 aromatic heterocycles. The van der Waals surface area contributed by atoms with E-state index in [0.29, 0.717) is 12.1 Å². The molecule has 18 heavy (non-hydrogen) atoms. The molecule has 0 amide bonds. The van der Waals surface area contributed by atoms with E-state index in [2.05, 4.69) is 47.6 Å². The number of nitrogens with one attached hydrogen (secondary N) is 1. The van der Waals surface area contributed by atoms with Gasteiger partial charge in [0.25, 0.3) is 0 Å². The van der Waals surface area contributed by atoms with E-state index in [1.807, 2.05) is 12.4 Å². The van der Waals surface area contributed by atoms with Crippen molar-refractivity contribution in [2.75, 3.05) is 13.1 Å². The summed E-state index contributed by atoms with van der Waals surface area (Å²) >= 11 is 0. The summed E-state index contributed by atoms with van der Waals surface area (Å²) < 4.78 is 2.12. The average Bonchev–Trinajstić information content (AvgIpc) is 2.69. The minimum absolute atomic E-state index is 0.588. The monoisotopic (exact) mass is 250 g/mol. The largest absolute Gasteiger partial charge is 0.337 e. The van der Waals surface area contributed by atoms with Crippen LogP contribution in [0.3, 0.4) is 0 Å². The van der Waals surface area contributed by atoms with E-state index >= 15 is 0 Å².